The van der Waals surface area contributed by atoms with E-state index in [4.69, 9.17) is 19.3 Å². The molecular weight excluding hydrogens is 386 g/mol. The van der Waals surface area contributed by atoms with E-state index >= 15 is 0 Å². The Kier molecular flexibility index (Phi) is 6.74. The summed E-state index contributed by atoms with van der Waals surface area (Å²) in [5, 5.41) is 9.07. The molecular formula is C19H23NO7S. The van der Waals surface area contributed by atoms with Crippen molar-refractivity contribution in [3.63, 3.8) is 0 Å². The molecule has 1 N–H and O–H groups in total. The monoisotopic (exact) mass is 409 g/mol. The van der Waals surface area contributed by atoms with Crippen molar-refractivity contribution in [1.82, 2.24) is 0 Å². The minimum absolute atomic E-state index is 0.0530. The maximum Gasteiger partial charge on any atom is 0.305 e. The van der Waals surface area contributed by atoms with Gasteiger partial charge < -0.3 is 19.3 Å². The molecule has 0 aliphatic rings. The van der Waals surface area contributed by atoms with Gasteiger partial charge in [-0.05, 0) is 19.1 Å². The van der Waals surface area contributed by atoms with Crippen LogP contribution in [-0.4, -0.2) is 47.4 Å². The van der Waals surface area contributed by atoms with E-state index in [0.29, 0.717) is 5.75 Å². The van der Waals surface area contributed by atoms with Crippen LogP contribution in [0.2, 0.25) is 0 Å². The van der Waals surface area contributed by atoms with E-state index in [0.717, 1.165) is 9.87 Å². The quantitative estimate of drug-likeness (QED) is 0.679. The highest BCUT2D eigenvalue weighted by atomic mass is 32.2. The number of aryl methyl sites for hydroxylation is 1. The first-order chi connectivity index (χ1) is 13.2. The Morgan fingerprint density at radius 3 is 1.96 bits per heavy atom. The molecule has 2 aromatic carbocycles. The van der Waals surface area contributed by atoms with Gasteiger partial charge in [-0.2, -0.15) is 0 Å². The van der Waals surface area contributed by atoms with Crippen molar-refractivity contribution in [2.75, 3.05) is 32.2 Å². The number of carboxylic acid groups (broad SMARTS) is 1. The van der Waals surface area contributed by atoms with Crippen molar-refractivity contribution >= 4 is 21.7 Å². The van der Waals surface area contributed by atoms with Crippen LogP contribution in [-0.2, 0) is 14.8 Å². The van der Waals surface area contributed by atoms with Crippen molar-refractivity contribution < 1.29 is 32.5 Å². The lowest BCUT2D eigenvalue weighted by molar-refractivity contribution is -0.136. The van der Waals surface area contributed by atoms with Gasteiger partial charge in [0.05, 0.1) is 38.3 Å². The molecule has 0 aliphatic carbocycles. The molecule has 0 aromatic heterocycles. The van der Waals surface area contributed by atoms with Crippen LogP contribution < -0.4 is 18.5 Å². The van der Waals surface area contributed by atoms with Crippen LogP contribution in [0.1, 0.15) is 12.0 Å². The molecule has 0 bridgehead atoms. The molecule has 0 amide bonds. The van der Waals surface area contributed by atoms with Crippen molar-refractivity contribution in [2.24, 2.45) is 0 Å². The molecule has 2 aromatic rings. The Hall–Kier alpha value is -2.94. The first-order valence-electron chi connectivity index (χ1n) is 8.35. The first kappa shape index (κ1) is 21.4. The Balaban J connectivity index is 2.63. The average molecular weight is 409 g/mol. The van der Waals surface area contributed by atoms with Crippen LogP contribution in [0.5, 0.6) is 17.2 Å². The number of benzene rings is 2. The Labute approximate surface area is 164 Å². The highest BCUT2D eigenvalue weighted by molar-refractivity contribution is 7.92. The van der Waals surface area contributed by atoms with Gasteiger partial charge in [0.25, 0.3) is 10.0 Å². The lowest BCUT2D eigenvalue weighted by Crippen LogP contribution is -2.33. The smallest absolute Gasteiger partial charge is 0.305 e. The Bertz CT molecular complexity index is 914. The average Bonchev–Trinajstić information content (AvgIpc) is 2.67. The molecule has 152 valence electrons. The van der Waals surface area contributed by atoms with Gasteiger partial charge in [0, 0.05) is 18.7 Å². The lowest BCUT2D eigenvalue weighted by atomic mass is 10.2. The summed E-state index contributed by atoms with van der Waals surface area (Å²) in [6.07, 6.45) is -0.373. The van der Waals surface area contributed by atoms with E-state index in [-0.39, 0.29) is 35.0 Å². The van der Waals surface area contributed by atoms with Gasteiger partial charge in [0.15, 0.2) is 11.5 Å². The fourth-order valence-electron chi connectivity index (χ4n) is 2.63. The fraction of sp³-hybridized carbons (Fsp3) is 0.316. The number of sulfonamides is 1. The van der Waals surface area contributed by atoms with Crippen LogP contribution in [0.25, 0.3) is 0 Å². The van der Waals surface area contributed by atoms with Gasteiger partial charge in [0.1, 0.15) is 0 Å². The molecule has 0 heterocycles. The highest BCUT2D eigenvalue weighted by Crippen LogP contribution is 2.42. The van der Waals surface area contributed by atoms with Gasteiger partial charge in [-0.3, -0.25) is 9.10 Å². The standard InChI is InChI=1S/C19H23NO7S/c1-13-5-7-15(8-6-13)28(23,24)20(10-9-18(21)22)14-11-16(25-2)19(27-4)17(12-14)26-3/h5-8,11-12H,9-10H2,1-4H3,(H,21,22). The third-order valence-corrected chi connectivity index (χ3v) is 5.92. The Morgan fingerprint density at radius 1 is 1.00 bits per heavy atom. The van der Waals surface area contributed by atoms with Crippen molar-refractivity contribution in [3.05, 3.63) is 42.0 Å². The zero-order valence-corrected chi connectivity index (χ0v) is 16.9. The predicted molar refractivity (Wildman–Crippen MR) is 104 cm³/mol. The largest absolute Gasteiger partial charge is 0.493 e. The van der Waals surface area contributed by atoms with Gasteiger partial charge in [-0.1, -0.05) is 17.7 Å². The number of hydrogen-bond donors (Lipinski definition) is 1. The SMILES string of the molecule is COc1cc(N(CCC(=O)O)S(=O)(=O)c2ccc(C)cc2)cc(OC)c1OC. The number of carbonyl (C=O) groups is 1. The summed E-state index contributed by atoms with van der Waals surface area (Å²) < 4.78 is 43.3. The number of nitrogens with zero attached hydrogens (tertiary/aromatic N) is 1. The van der Waals surface area contributed by atoms with Gasteiger partial charge in [0.2, 0.25) is 5.75 Å². The van der Waals surface area contributed by atoms with Crippen molar-refractivity contribution in [2.45, 2.75) is 18.2 Å². The lowest BCUT2D eigenvalue weighted by Gasteiger charge is -2.25. The first-order valence-corrected chi connectivity index (χ1v) is 9.79. The Morgan fingerprint density at radius 2 is 1.54 bits per heavy atom. The van der Waals surface area contributed by atoms with Crippen LogP contribution in [0.4, 0.5) is 5.69 Å². The summed E-state index contributed by atoms with van der Waals surface area (Å²) >= 11 is 0. The molecule has 0 saturated carbocycles. The molecule has 0 unspecified atom stereocenters. The van der Waals surface area contributed by atoms with Crippen LogP contribution >= 0.6 is 0 Å². The summed E-state index contributed by atoms with van der Waals surface area (Å²) in [5.74, 6) is -0.288. The minimum Gasteiger partial charge on any atom is -0.493 e. The molecule has 28 heavy (non-hydrogen) atoms. The van der Waals surface area contributed by atoms with Gasteiger partial charge in [-0.25, -0.2) is 8.42 Å². The summed E-state index contributed by atoms with van der Waals surface area (Å²) in [4.78, 5) is 11.2. The summed E-state index contributed by atoms with van der Waals surface area (Å²) in [5.41, 5.74) is 1.11. The summed E-state index contributed by atoms with van der Waals surface area (Å²) in [7, 11) is 0.245. The number of hydrogen-bond acceptors (Lipinski definition) is 6. The molecule has 9 heteroatoms. The third kappa shape index (κ3) is 4.48. The topological polar surface area (TPSA) is 102 Å². The second kappa shape index (κ2) is 8.83. The molecule has 2 rings (SSSR count). The molecule has 0 saturated heterocycles. The number of rotatable bonds is 9. The minimum atomic E-state index is -4.02. The highest BCUT2D eigenvalue weighted by Gasteiger charge is 2.28. The van der Waals surface area contributed by atoms with Crippen LogP contribution in [0.3, 0.4) is 0 Å². The normalized spacial score (nSPS) is 11.0. The molecule has 0 spiro atoms. The van der Waals surface area contributed by atoms with E-state index in [2.05, 4.69) is 0 Å². The van der Waals surface area contributed by atoms with Gasteiger partial charge in [-0.15, -0.1) is 0 Å². The number of anilines is 1. The number of methoxy groups -OCH3 is 3. The summed E-state index contributed by atoms with van der Waals surface area (Å²) in [6, 6.07) is 9.26. The van der Waals surface area contributed by atoms with E-state index in [1.807, 2.05) is 6.92 Å². The third-order valence-electron chi connectivity index (χ3n) is 4.08. The van der Waals surface area contributed by atoms with Gasteiger partial charge >= 0.3 is 5.97 Å². The zero-order chi connectivity index (χ0) is 20.9. The van der Waals surface area contributed by atoms with Crippen molar-refractivity contribution in [3.8, 4) is 17.2 Å². The molecule has 8 nitrogen and oxygen atoms in total. The predicted octanol–water partition coefficient (Wildman–Crippen LogP) is 2.69. The number of ether oxygens (including phenoxy) is 3. The van der Waals surface area contributed by atoms with E-state index < -0.39 is 16.0 Å². The second-order valence-electron chi connectivity index (χ2n) is 5.92. The van der Waals surface area contributed by atoms with Crippen LogP contribution in [0, 0.1) is 6.92 Å². The molecule has 0 aliphatic heterocycles. The molecule has 0 fully saturated rings. The summed E-state index contributed by atoms with van der Waals surface area (Å²) in [6.45, 7) is 1.59. The van der Waals surface area contributed by atoms with E-state index in [1.165, 1.54) is 45.6 Å². The van der Waals surface area contributed by atoms with E-state index in [1.54, 1.807) is 12.1 Å². The number of carboxylic acids is 1. The molecule has 0 radical (unpaired) electrons. The molecule has 0 atom stereocenters. The van der Waals surface area contributed by atoms with E-state index in [9.17, 15) is 13.2 Å². The van der Waals surface area contributed by atoms with Crippen molar-refractivity contribution in [1.29, 1.82) is 0 Å². The van der Waals surface area contributed by atoms with Crippen LogP contribution in [0.15, 0.2) is 41.3 Å². The second-order valence-corrected chi connectivity index (χ2v) is 7.78. The fourth-order valence-corrected chi connectivity index (χ4v) is 4.08. The maximum absolute atomic E-state index is 13.2. The zero-order valence-electron chi connectivity index (χ0n) is 16.1. The maximum atomic E-state index is 13.2. The number of aliphatic carboxylic acids is 1.